The van der Waals surface area contributed by atoms with E-state index in [4.69, 9.17) is 4.74 Å². The second-order valence-electron chi connectivity index (χ2n) is 4.11. The lowest BCUT2D eigenvalue weighted by Crippen LogP contribution is -2.16. The molecular formula is C14H14F3NO5. The van der Waals surface area contributed by atoms with E-state index in [1.165, 1.54) is 7.11 Å². The van der Waals surface area contributed by atoms with Crippen molar-refractivity contribution >= 4 is 17.6 Å². The number of anilines is 1. The van der Waals surface area contributed by atoms with Crippen LogP contribution >= 0.6 is 0 Å². The molecule has 0 aliphatic heterocycles. The highest BCUT2D eigenvalue weighted by Crippen LogP contribution is 2.35. The molecule has 1 aromatic rings. The van der Waals surface area contributed by atoms with Crippen molar-refractivity contribution in [2.45, 2.75) is 6.18 Å². The van der Waals surface area contributed by atoms with E-state index >= 15 is 0 Å². The molecule has 0 heterocycles. The predicted octanol–water partition coefficient (Wildman–Crippen LogP) is 2.36. The minimum atomic E-state index is -4.58. The molecule has 1 aromatic carbocycles. The first kappa shape index (κ1) is 18.3. The molecule has 0 spiro atoms. The van der Waals surface area contributed by atoms with Gasteiger partial charge >= 0.3 is 18.1 Å². The smallest absolute Gasteiger partial charge is 0.416 e. The Balaban J connectivity index is 3.28. The van der Waals surface area contributed by atoms with E-state index in [-0.39, 0.29) is 11.4 Å². The Morgan fingerprint density at radius 3 is 2.26 bits per heavy atom. The molecule has 1 N–H and O–H groups in total. The average molecular weight is 333 g/mol. The van der Waals surface area contributed by atoms with Gasteiger partial charge in [0.2, 0.25) is 0 Å². The lowest BCUT2D eigenvalue weighted by Gasteiger charge is -2.15. The largest absolute Gasteiger partial charge is 0.495 e. The van der Waals surface area contributed by atoms with E-state index in [1.807, 2.05) is 0 Å². The predicted molar refractivity (Wildman–Crippen MR) is 73.7 cm³/mol. The van der Waals surface area contributed by atoms with Crippen molar-refractivity contribution in [2.75, 3.05) is 26.6 Å². The number of hydrogen-bond acceptors (Lipinski definition) is 6. The second-order valence-corrected chi connectivity index (χ2v) is 4.11. The SMILES string of the molecule is COC(=O)/C=C(/Nc1cc(C(F)(F)F)ccc1OC)C(=O)OC. The van der Waals surface area contributed by atoms with Crippen LogP contribution in [-0.4, -0.2) is 33.3 Å². The summed E-state index contributed by atoms with van der Waals surface area (Å²) in [7, 11) is 3.38. The Morgan fingerprint density at radius 1 is 1.13 bits per heavy atom. The number of rotatable bonds is 5. The van der Waals surface area contributed by atoms with Gasteiger partial charge in [-0.3, -0.25) is 0 Å². The molecule has 0 aliphatic carbocycles. The minimum Gasteiger partial charge on any atom is -0.495 e. The average Bonchev–Trinajstić information content (AvgIpc) is 2.52. The van der Waals surface area contributed by atoms with Crippen molar-refractivity contribution in [3.05, 3.63) is 35.5 Å². The van der Waals surface area contributed by atoms with Crippen molar-refractivity contribution in [1.82, 2.24) is 0 Å². The molecule has 0 fully saturated rings. The van der Waals surface area contributed by atoms with Crippen LogP contribution in [0.4, 0.5) is 18.9 Å². The third kappa shape index (κ3) is 4.90. The molecule has 0 aromatic heterocycles. The highest BCUT2D eigenvalue weighted by Gasteiger charge is 2.31. The first-order chi connectivity index (χ1) is 10.7. The summed E-state index contributed by atoms with van der Waals surface area (Å²) in [5, 5.41) is 2.39. The van der Waals surface area contributed by atoms with Gasteiger partial charge in [0.15, 0.2) is 0 Å². The van der Waals surface area contributed by atoms with Crippen molar-refractivity contribution in [2.24, 2.45) is 0 Å². The van der Waals surface area contributed by atoms with Crippen LogP contribution in [-0.2, 0) is 25.2 Å². The molecule has 0 bridgehead atoms. The highest BCUT2D eigenvalue weighted by atomic mass is 19.4. The molecule has 0 saturated carbocycles. The molecular weight excluding hydrogens is 319 g/mol. The van der Waals surface area contributed by atoms with Crippen LogP contribution in [0.3, 0.4) is 0 Å². The zero-order valence-corrected chi connectivity index (χ0v) is 12.5. The number of ether oxygens (including phenoxy) is 3. The molecule has 0 unspecified atom stereocenters. The Labute approximate surface area is 129 Å². The van der Waals surface area contributed by atoms with Gasteiger partial charge in [0, 0.05) is 0 Å². The van der Waals surface area contributed by atoms with Gasteiger partial charge in [0.1, 0.15) is 11.4 Å². The molecule has 0 atom stereocenters. The van der Waals surface area contributed by atoms with Crippen LogP contribution in [0.25, 0.3) is 0 Å². The summed E-state index contributed by atoms with van der Waals surface area (Å²) >= 11 is 0. The quantitative estimate of drug-likeness (QED) is 0.659. The molecule has 0 saturated heterocycles. The van der Waals surface area contributed by atoms with Crippen LogP contribution in [0.5, 0.6) is 5.75 Å². The van der Waals surface area contributed by atoms with E-state index in [0.29, 0.717) is 0 Å². The summed E-state index contributed by atoms with van der Waals surface area (Å²) in [6, 6.07) is 2.65. The molecule has 6 nitrogen and oxygen atoms in total. The number of carbonyl (C=O) groups is 2. The van der Waals surface area contributed by atoms with Gasteiger partial charge in [0.05, 0.1) is 38.7 Å². The maximum atomic E-state index is 12.8. The van der Waals surface area contributed by atoms with E-state index in [0.717, 1.165) is 38.5 Å². The molecule has 23 heavy (non-hydrogen) atoms. The summed E-state index contributed by atoms with van der Waals surface area (Å²) in [4.78, 5) is 22.9. The Kier molecular flexibility index (Phi) is 6.00. The zero-order valence-electron chi connectivity index (χ0n) is 12.5. The molecule has 9 heteroatoms. The Hall–Kier alpha value is -2.71. The van der Waals surface area contributed by atoms with E-state index in [2.05, 4.69) is 14.8 Å². The Morgan fingerprint density at radius 2 is 1.78 bits per heavy atom. The summed E-state index contributed by atoms with van der Waals surface area (Å²) < 4.78 is 52.1. The normalized spacial score (nSPS) is 11.7. The van der Waals surface area contributed by atoms with E-state index in [9.17, 15) is 22.8 Å². The molecule has 126 valence electrons. The van der Waals surface area contributed by atoms with Gasteiger partial charge in [-0.15, -0.1) is 0 Å². The van der Waals surface area contributed by atoms with Gasteiger partial charge in [-0.1, -0.05) is 0 Å². The van der Waals surface area contributed by atoms with Crippen LogP contribution in [0.1, 0.15) is 5.56 Å². The monoisotopic (exact) mass is 333 g/mol. The maximum Gasteiger partial charge on any atom is 0.416 e. The van der Waals surface area contributed by atoms with Crippen LogP contribution in [0, 0.1) is 0 Å². The van der Waals surface area contributed by atoms with E-state index in [1.54, 1.807) is 0 Å². The fourth-order valence-corrected chi connectivity index (χ4v) is 1.56. The maximum absolute atomic E-state index is 12.8. The molecule has 1 rings (SSSR count). The fraction of sp³-hybridized carbons (Fsp3) is 0.286. The lowest BCUT2D eigenvalue weighted by atomic mass is 10.1. The van der Waals surface area contributed by atoms with Crippen molar-refractivity contribution in [3.63, 3.8) is 0 Å². The number of benzene rings is 1. The van der Waals surface area contributed by atoms with Crippen LogP contribution in [0.15, 0.2) is 30.0 Å². The number of esters is 2. The van der Waals surface area contributed by atoms with Crippen molar-refractivity contribution < 1.29 is 37.0 Å². The summed E-state index contributed by atoms with van der Waals surface area (Å²) in [5.41, 5.74) is -1.53. The van der Waals surface area contributed by atoms with Gasteiger partial charge in [-0.2, -0.15) is 13.2 Å². The number of carbonyl (C=O) groups excluding carboxylic acids is 2. The summed E-state index contributed by atoms with van der Waals surface area (Å²) in [6.07, 6.45) is -3.83. The minimum absolute atomic E-state index is 0.0395. The van der Waals surface area contributed by atoms with Gasteiger partial charge in [0.25, 0.3) is 0 Å². The highest BCUT2D eigenvalue weighted by molar-refractivity contribution is 5.99. The number of nitrogens with one attached hydrogen (secondary N) is 1. The van der Waals surface area contributed by atoms with Gasteiger partial charge < -0.3 is 19.5 Å². The first-order valence-corrected chi connectivity index (χ1v) is 6.13. The summed E-state index contributed by atoms with van der Waals surface area (Å²) in [6.45, 7) is 0. The number of hydrogen-bond donors (Lipinski definition) is 1. The standard InChI is InChI=1S/C14H14F3NO5/c1-21-11-5-4-8(14(15,16)17)6-9(11)18-10(13(20)23-3)7-12(19)22-2/h4-7,18H,1-3H3/b10-7+. The Bertz CT molecular complexity index is 625. The third-order valence-corrected chi connectivity index (χ3v) is 2.66. The lowest BCUT2D eigenvalue weighted by molar-refractivity contribution is -0.138. The number of halogens is 3. The molecule has 0 radical (unpaired) electrons. The van der Waals surface area contributed by atoms with Crippen LogP contribution < -0.4 is 10.1 Å². The molecule has 0 amide bonds. The van der Waals surface area contributed by atoms with E-state index < -0.39 is 29.4 Å². The zero-order chi connectivity index (χ0) is 17.6. The van der Waals surface area contributed by atoms with Gasteiger partial charge in [-0.05, 0) is 18.2 Å². The topological polar surface area (TPSA) is 73.9 Å². The fourth-order valence-electron chi connectivity index (χ4n) is 1.56. The second kappa shape index (κ2) is 7.52. The molecule has 0 aliphatic rings. The van der Waals surface area contributed by atoms with Crippen molar-refractivity contribution in [3.8, 4) is 5.75 Å². The van der Waals surface area contributed by atoms with Crippen LogP contribution in [0.2, 0.25) is 0 Å². The summed E-state index contributed by atoms with van der Waals surface area (Å²) in [5.74, 6) is -1.81. The third-order valence-electron chi connectivity index (χ3n) is 2.66. The first-order valence-electron chi connectivity index (χ1n) is 6.13. The number of methoxy groups -OCH3 is 3. The van der Waals surface area contributed by atoms with Gasteiger partial charge in [-0.25, -0.2) is 9.59 Å². The number of alkyl halides is 3. The van der Waals surface area contributed by atoms with Crippen molar-refractivity contribution in [1.29, 1.82) is 0 Å².